The maximum Gasteiger partial charge on any atom is 0.287 e. The summed E-state index contributed by atoms with van der Waals surface area (Å²) < 4.78 is 52.7. The molecule has 122 valence electrons. The van der Waals surface area contributed by atoms with Crippen LogP contribution in [0, 0.1) is 6.92 Å². The largest absolute Gasteiger partial charge is 0.364 e. The van der Waals surface area contributed by atoms with Gasteiger partial charge in [0.15, 0.2) is 0 Å². The van der Waals surface area contributed by atoms with Crippen molar-refractivity contribution in [3.63, 3.8) is 0 Å². The van der Waals surface area contributed by atoms with E-state index in [1.54, 1.807) is 13.0 Å². The van der Waals surface area contributed by atoms with Crippen LogP contribution >= 0.6 is 0 Å². The normalized spacial score (nSPS) is 23.3. The third kappa shape index (κ3) is 2.58. The zero-order chi connectivity index (χ0) is 16.7. The number of alkyl halides is 4. The van der Waals surface area contributed by atoms with Gasteiger partial charge in [0.1, 0.15) is 11.8 Å². The van der Waals surface area contributed by atoms with Crippen LogP contribution in [0.2, 0.25) is 0 Å². The van der Waals surface area contributed by atoms with E-state index in [-0.39, 0.29) is 5.01 Å². The monoisotopic (exact) mass is 322 g/mol. The van der Waals surface area contributed by atoms with Gasteiger partial charge in [-0.3, -0.25) is 9.48 Å². The number of nitrogens with zero attached hydrogens (tertiary/aromatic N) is 4. The number of hydrogen-bond donors (Lipinski definition) is 1. The molecule has 0 saturated carbocycles. The Bertz CT molecular complexity index is 604. The van der Waals surface area contributed by atoms with Crippen molar-refractivity contribution in [3.05, 3.63) is 18.0 Å². The topological polar surface area (TPSA) is 70.7 Å². The van der Waals surface area contributed by atoms with Crippen molar-refractivity contribution in [1.82, 2.24) is 14.8 Å². The minimum absolute atomic E-state index is 0.0466. The molecule has 1 aliphatic heterocycles. The molecule has 0 spiro atoms. The summed E-state index contributed by atoms with van der Waals surface area (Å²) in [5.74, 6) is -1.05. The molecular weight excluding hydrogens is 308 g/mol. The highest BCUT2D eigenvalue weighted by molar-refractivity contribution is 5.93. The Morgan fingerprint density at radius 1 is 1.41 bits per heavy atom. The highest BCUT2D eigenvalue weighted by Crippen LogP contribution is 2.34. The molecule has 2 atom stereocenters. The van der Waals surface area contributed by atoms with Gasteiger partial charge in [0.2, 0.25) is 5.72 Å². The lowest BCUT2D eigenvalue weighted by Gasteiger charge is -2.31. The van der Waals surface area contributed by atoms with Crippen LogP contribution in [0.25, 0.3) is 0 Å². The molecule has 0 aliphatic carbocycles. The molecule has 1 aromatic rings. The van der Waals surface area contributed by atoms with Gasteiger partial charge in [-0.25, -0.2) is 17.6 Å². The number of carbonyl (C=O) groups excluding carboxylic acids is 1. The van der Waals surface area contributed by atoms with Crippen molar-refractivity contribution in [2.45, 2.75) is 44.9 Å². The molecule has 22 heavy (non-hydrogen) atoms. The summed E-state index contributed by atoms with van der Waals surface area (Å²) in [6.07, 6.45) is -6.28. The summed E-state index contributed by atoms with van der Waals surface area (Å²) in [4.78, 5) is 12.3. The van der Waals surface area contributed by atoms with Gasteiger partial charge in [-0.15, -0.1) is 0 Å². The molecule has 1 aromatic heterocycles. The van der Waals surface area contributed by atoms with Crippen LogP contribution in [0.4, 0.5) is 17.6 Å². The quantitative estimate of drug-likeness (QED) is 0.855. The fraction of sp³-hybridized carbons (Fsp3) is 0.583. The van der Waals surface area contributed by atoms with Crippen LogP contribution in [-0.4, -0.2) is 50.1 Å². The second-order valence-corrected chi connectivity index (χ2v) is 4.99. The molecule has 0 bridgehead atoms. The Morgan fingerprint density at radius 3 is 2.50 bits per heavy atom. The van der Waals surface area contributed by atoms with Gasteiger partial charge in [0, 0.05) is 18.3 Å². The van der Waals surface area contributed by atoms with E-state index in [0.29, 0.717) is 5.69 Å². The average molecular weight is 322 g/mol. The van der Waals surface area contributed by atoms with E-state index in [9.17, 15) is 27.5 Å². The van der Waals surface area contributed by atoms with Gasteiger partial charge >= 0.3 is 0 Å². The molecule has 6 nitrogen and oxygen atoms in total. The van der Waals surface area contributed by atoms with Gasteiger partial charge in [0.25, 0.3) is 18.8 Å². The predicted octanol–water partition coefficient (Wildman–Crippen LogP) is 1.56. The van der Waals surface area contributed by atoms with Crippen LogP contribution in [0.3, 0.4) is 0 Å². The zero-order valence-electron chi connectivity index (χ0n) is 11.8. The summed E-state index contributed by atoms with van der Waals surface area (Å²) in [5.41, 5.74) is -3.46. The number of aliphatic hydroxyl groups is 1. The molecule has 1 aliphatic rings. The van der Waals surface area contributed by atoms with Crippen molar-refractivity contribution in [2.24, 2.45) is 5.10 Å². The predicted molar refractivity (Wildman–Crippen MR) is 67.5 cm³/mol. The average Bonchev–Trinajstić information content (AvgIpc) is 3.02. The molecule has 10 heteroatoms. The van der Waals surface area contributed by atoms with Crippen LogP contribution in [0.1, 0.15) is 25.1 Å². The summed E-state index contributed by atoms with van der Waals surface area (Å²) in [5, 5.41) is 17.0. The maximum atomic E-state index is 13.1. The number of carbonyl (C=O) groups is 1. The van der Waals surface area contributed by atoms with E-state index in [0.717, 1.165) is 0 Å². The smallest absolute Gasteiger partial charge is 0.287 e. The summed E-state index contributed by atoms with van der Waals surface area (Å²) in [7, 11) is 0. The van der Waals surface area contributed by atoms with E-state index in [4.69, 9.17) is 0 Å². The second kappa shape index (κ2) is 5.67. The lowest BCUT2D eigenvalue weighted by molar-refractivity contribution is -0.194. The lowest BCUT2D eigenvalue weighted by atomic mass is 10.1. The van der Waals surface area contributed by atoms with Gasteiger partial charge in [-0.1, -0.05) is 0 Å². The minimum Gasteiger partial charge on any atom is -0.364 e. The first-order valence-corrected chi connectivity index (χ1v) is 6.38. The molecule has 0 saturated heterocycles. The Hall–Kier alpha value is -1.97. The standard InChI is InChI=1S/C12H14F4N4O2/c1-6-3-4-17-19(6)7(2)10(21)20-12(22,11(15)16)5-8(18-20)9(13)14/h3-4,7,9,11,22H,5H2,1-2H3. The third-order valence-electron chi connectivity index (χ3n) is 3.44. The van der Waals surface area contributed by atoms with E-state index in [2.05, 4.69) is 10.2 Å². The molecule has 1 N–H and O–H groups in total. The molecule has 0 fully saturated rings. The van der Waals surface area contributed by atoms with Crippen molar-refractivity contribution in [2.75, 3.05) is 0 Å². The van der Waals surface area contributed by atoms with Crippen molar-refractivity contribution >= 4 is 11.6 Å². The first-order valence-electron chi connectivity index (χ1n) is 6.38. The highest BCUT2D eigenvalue weighted by atomic mass is 19.3. The van der Waals surface area contributed by atoms with E-state index >= 15 is 0 Å². The summed E-state index contributed by atoms with van der Waals surface area (Å²) >= 11 is 0. The van der Waals surface area contributed by atoms with E-state index in [1.807, 2.05) is 0 Å². The molecule has 1 amide bonds. The molecular formula is C12H14F4N4O2. The van der Waals surface area contributed by atoms with Gasteiger partial charge in [0.05, 0.1) is 0 Å². The van der Waals surface area contributed by atoms with Crippen LogP contribution in [0.5, 0.6) is 0 Å². The SMILES string of the molecule is Cc1ccnn1C(C)C(=O)N1N=C(C(F)F)CC1(O)C(F)F. The van der Waals surface area contributed by atoms with Gasteiger partial charge < -0.3 is 5.11 Å². The Labute approximate surface area is 123 Å². The highest BCUT2D eigenvalue weighted by Gasteiger charge is 2.54. The first-order chi connectivity index (χ1) is 10.2. The van der Waals surface area contributed by atoms with Crippen LogP contribution in [-0.2, 0) is 4.79 Å². The lowest BCUT2D eigenvalue weighted by Crippen LogP contribution is -2.53. The number of hydrogen-bond acceptors (Lipinski definition) is 4. The van der Waals surface area contributed by atoms with Gasteiger partial charge in [-0.05, 0) is 19.9 Å². The molecule has 2 heterocycles. The molecule has 0 aromatic carbocycles. The van der Waals surface area contributed by atoms with Crippen molar-refractivity contribution in [3.8, 4) is 0 Å². The first kappa shape index (κ1) is 16.4. The van der Waals surface area contributed by atoms with Crippen LogP contribution < -0.4 is 0 Å². The van der Waals surface area contributed by atoms with Gasteiger partial charge in [-0.2, -0.15) is 15.2 Å². The second-order valence-electron chi connectivity index (χ2n) is 4.99. The van der Waals surface area contributed by atoms with E-state index in [1.165, 1.54) is 17.8 Å². The van der Waals surface area contributed by atoms with Crippen molar-refractivity contribution < 1.29 is 27.5 Å². The fourth-order valence-electron chi connectivity index (χ4n) is 2.19. The third-order valence-corrected chi connectivity index (χ3v) is 3.44. The zero-order valence-corrected chi connectivity index (χ0v) is 11.8. The summed E-state index contributed by atoms with van der Waals surface area (Å²) in [6.45, 7) is 2.98. The number of aromatic nitrogens is 2. The molecule has 0 radical (unpaired) electrons. The van der Waals surface area contributed by atoms with E-state index < -0.39 is 42.7 Å². The van der Waals surface area contributed by atoms with Crippen LogP contribution in [0.15, 0.2) is 17.4 Å². The molecule has 2 rings (SSSR count). The number of amides is 1. The molecule has 2 unspecified atom stereocenters. The Balaban J connectivity index is 2.35. The number of hydrazone groups is 1. The number of halogens is 4. The minimum atomic E-state index is -3.44. The van der Waals surface area contributed by atoms with Crippen molar-refractivity contribution in [1.29, 1.82) is 0 Å². The number of rotatable bonds is 4. The fourth-order valence-corrected chi connectivity index (χ4v) is 2.19. The summed E-state index contributed by atoms with van der Waals surface area (Å²) in [6, 6.07) is 0.502. The maximum absolute atomic E-state index is 13.1. The Morgan fingerprint density at radius 2 is 2.05 bits per heavy atom. The Kier molecular flexibility index (Phi) is 4.23. The number of aryl methyl sites for hydroxylation is 1.